The summed E-state index contributed by atoms with van der Waals surface area (Å²) in [6, 6.07) is 14.7. The Hall–Kier alpha value is -1.68. The summed E-state index contributed by atoms with van der Waals surface area (Å²) in [5, 5.41) is 0.205. The summed E-state index contributed by atoms with van der Waals surface area (Å²) < 4.78 is 34.0. The molecule has 10 heteroatoms. The normalized spacial score (nSPS) is 19.9. The second-order valence-electron chi connectivity index (χ2n) is 9.29. The Bertz CT molecular complexity index is 1110. The highest BCUT2D eigenvalue weighted by molar-refractivity contribution is 7.89. The molecule has 0 aromatic heterocycles. The molecule has 0 N–H and O–H groups in total. The number of piperidine rings is 1. The van der Waals surface area contributed by atoms with E-state index >= 15 is 0 Å². The zero-order chi connectivity index (χ0) is 25.5. The number of halogens is 2. The van der Waals surface area contributed by atoms with Crippen LogP contribution in [-0.4, -0.2) is 87.0 Å². The van der Waals surface area contributed by atoms with Crippen LogP contribution in [0.25, 0.3) is 0 Å². The van der Waals surface area contributed by atoms with E-state index in [9.17, 15) is 13.2 Å². The number of amides is 1. The van der Waals surface area contributed by atoms with Gasteiger partial charge in [0.2, 0.25) is 15.9 Å². The van der Waals surface area contributed by atoms with Crippen LogP contribution in [0.1, 0.15) is 24.8 Å². The zero-order valence-corrected chi connectivity index (χ0v) is 22.6. The fraction of sp³-hybridized carbons (Fsp3) is 0.500. The maximum absolute atomic E-state index is 13.4. The molecule has 2 aromatic carbocycles. The third-order valence-electron chi connectivity index (χ3n) is 6.88. The predicted molar refractivity (Wildman–Crippen MR) is 142 cm³/mol. The quantitative estimate of drug-likeness (QED) is 0.470. The molecule has 2 fully saturated rings. The molecule has 2 heterocycles. The van der Waals surface area contributed by atoms with Gasteiger partial charge in [0.1, 0.15) is 11.5 Å². The number of rotatable bonds is 9. The van der Waals surface area contributed by atoms with E-state index in [-0.39, 0.29) is 40.1 Å². The van der Waals surface area contributed by atoms with Gasteiger partial charge < -0.3 is 9.64 Å². The van der Waals surface area contributed by atoms with Crippen molar-refractivity contribution in [1.29, 1.82) is 0 Å². The van der Waals surface area contributed by atoms with Crippen molar-refractivity contribution < 1.29 is 17.9 Å². The molecule has 196 valence electrons. The highest BCUT2D eigenvalue weighted by Gasteiger charge is 2.36. The zero-order valence-electron chi connectivity index (χ0n) is 20.3. The van der Waals surface area contributed by atoms with Crippen LogP contribution in [-0.2, 0) is 26.0 Å². The molecule has 0 aliphatic carbocycles. The SMILES string of the molecule is O=C(COCC1CCCCN1S(=O)(=O)c1c(Cl)cccc1Cl)N1CCN(CCc2ccccc2)CC1. The van der Waals surface area contributed by atoms with Crippen LogP contribution in [0.3, 0.4) is 0 Å². The molecule has 2 aliphatic rings. The Morgan fingerprint density at radius 3 is 2.31 bits per heavy atom. The standard InChI is InChI=1S/C26H33Cl2N3O4S/c27-23-10-6-11-24(28)26(23)36(33,34)31-13-5-4-9-22(31)19-35-20-25(32)30-17-15-29(16-18-30)14-12-21-7-2-1-3-8-21/h1-3,6-8,10-11,22H,4-5,9,12-20H2. The van der Waals surface area contributed by atoms with Gasteiger partial charge in [-0.2, -0.15) is 4.31 Å². The van der Waals surface area contributed by atoms with Crippen molar-refractivity contribution in [2.45, 2.75) is 36.6 Å². The van der Waals surface area contributed by atoms with Crippen LogP contribution in [0.15, 0.2) is 53.4 Å². The summed E-state index contributed by atoms with van der Waals surface area (Å²) in [4.78, 5) is 16.9. The minimum atomic E-state index is -3.89. The number of sulfonamides is 1. The van der Waals surface area contributed by atoms with E-state index in [2.05, 4.69) is 29.2 Å². The lowest BCUT2D eigenvalue weighted by molar-refractivity contribution is -0.138. The van der Waals surface area contributed by atoms with E-state index in [0.717, 1.165) is 38.9 Å². The van der Waals surface area contributed by atoms with Crippen LogP contribution in [0, 0.1) is 0 Å². The van der Waals surface area contributed by atoms with Crippen LogP contribution in [0.5, 0.6) is 0 Å². The fourth-order valence-electron chi connectivity index (χ4n) is 4.83. The number of nitrogens with zero attached hydrogens (tertiary/aromatic N) is 3. The second-order valence-corrected chi connectivity index (χ2v) is 11.9. The topological polar surface area (TPSA) is 70.2 Å². The van der Waals surface area contributed by atoms with Gasteiger partial charge in [-0.25, -0.2) is 8.42 Å². The summed E-state index contributed by atoms with van der Waals surface area (Å²) >= 11 is 12.4. The lowest BCUT2D eigenvalue weighted by atomic mass is 10.1. The van der Waals surface area contributed by atoms with Gasteiger partial charge in [-0.1, -0.05) is 66.0 Å². The minimum absolute atomic E-state index is 0.0543. The Kier molecular flexibility index (Phi) is 9.66. The predicted octanol–water partition coefficient (Wildman–Crippen LogP) is 3.94. The molecule has 0 saturated carbocycles. The maximum atomic E-state index is 13.4. The lowest BCUT2D eigenvalue weighted by Gasteiger charge is -2.36. The third-order valence-corrected chi connectivity index (χ3v) is 9.79. The number of hydrogen-bond acceptors (Lipinski definition) is 5. The molecule has 2 aromatic rings. The molecule has 0 radical (unpaired) electrons. The first-order chi connectivity index (χ1) is 17.4. The van der Waals surface area contributed by atoms with Crippen molar-refractivity contribution in [3.8, 4) is 0 Å². The molecule has 2 saturated heterocycles. The molecule has 2 aliphatic heterocycles. The van der Waals surface area contributed by atoms with Crippen molar-refractivity contribution in [2.75, 3.05) is 52.5 Å². The summed E-state index contributed by atoms with van der Waals surface area (Å²) in [7, 11) is -3.89. The van der Waals surface area contributed by atoms with Crippen molar-refractivity contribution in [3.63, 3.8) is 0 Å². The summed E-state index contributed by atoms with van der Waals surface area (Å²) in [6.45, 7) is 4.47. The summed E-state index contributed by atoms with van der Waals surface area (Å²) in [5.74, 6) is -0.0583. The molecule has 4 rings (SSSR count). The van der Waals surface area contributed by atoms with Gasteiger partial charge in [-0.3, -0.25) is 9.69 Å². The monoisotopic (exact) mass is 553 g/mol. The highest BCUT2D eigenvalue weighted by Crippen LogP contribution is 2.34. The van der Waals surface area contributed by atoms with Gasteiger partial charge in [0, 0.05) is 45.3 Å². The first-order valence-electron chi connectivity index (χ1n) is 12.4. The van der Waals surface area contributed by atoms with Crippen molar-refractivity contribution in [3.05, 3.63) is 64.1 Å². The molecule has 36 heavy (non-hydrogen) atoms. The van der Waals surface area contributed by atoms with E-state index < -0.39 is 10.0 Å². The van der Waals surface area contributed by atoms with Gasteiger partial charge in [-0.05, 0) is 37.0 Å². The van der Waals surface area contributed by atoms with Crippen molar-refractivity contribution in [2.24, 2.45) is 0 Å². The average Bonchev–Trinajstić information content (AvgIpc) is 2.88. The number of hydrogen-bond donors (Lipinski definition) is 0. The van der Waals surface area contributed by atoms with Gasteiger partial charge in [0.25, 0.3) is 0 Å². The Balaban J connectivity index is 1.25. The lowest BCUT2D eigenvalue weighted by Crippen LogP contribution is -2.50. The second kappa shape index (κ2) is 12.7. The molecule has 0 spiro atoms. The first-order valence-corrected chi connectivity index (χ1v) is 14.6. The van der Waals surface area contributed by atoms with E-state index in [1.54, 1.807) is 6.07 Å². The molecule has 7 nitrogen and oxygen atoms in total. The van der Waals surface area contributed by atoms with Crippen LogP contribution in [0.4, 0.5) is 0 Å². The number of ether oxygens (including phenoxy) is 1. The maximum Gasteiger partial charge on any atom is 0.248 e. The van der Waals surface area contributed by atoms with Crippen LogP contribution in [0.2, 0.25) is 10.0 Å². The number of piperazine rings is 1. The largest absolute Gasteiger partial charge is 0.370 e. The van der Waals surface area contributed by atoms with Crippen LogP contribution >= 0.6 is 23.2 Å². The number of benzene rings is 2. The molecule has 1 amide bonds. The third kappa shape index (κ3) is 6.79. The van der Waals surface area contributed by atoms with Gasteiger partial charge >= 0.3 is 0 Å². The molecular weight excluding hydrogens is 521 g/mol. The van der Waals surface area contributed by atoms with Crippen molar-refractivity contribution >= 4 is 39.1 Å². The molecule has 1 atom stereocenters. The van der Waals surface area contributed by atoms with E-state index in [1.807, 2.05) is 11.0 Å². The van der Waals surface area contributed by atoms with Crippen molar-refractivity contribution in [1.82, 2.24) is 14.1 Å². The van der Waals surface area contributed by atoms with E-state index in [0.29, 0.717) is 26.1 Å². The fourth-order valence-corrected chi connectivity index (χ4v) is 7.60. The smallest absolute Gasteiger partial charge is 0.248 e. The van der Waals surface area contributed by atoms with Gasteiger partial charge in [-0.15, -0.1) is 0 Å². The average molecular weight is 555 g/mol. The number of carbonyl (C=O) groups is 1. The van der Waals surface area contributed by atoms with E-state index in [1.165, 1.54) is 22.0 Å². The Morgan fingerprint density at radius 1 is 0.917 bits per heavy atom. The molecular formula is C26H33Cl2N3O4S. The number of carbonyl (C=O) groups excluding carboxylic acids is 1. The van der Waals surface area contributed by atoms with Crippen LogP contribution < -0.4 is 0 Å². The molecule has 1 unspecified atom stereocenters. The van der Waals surface area contributed by atoms with Gasteiger partial charge in [0.05, 0.1) is 16.7 Å². The Labute approximate surface area is 224 Å². The Morgan fingerprint density at radius 2 is 1.61 bits per heavy atom. The molecule has 0 bridgehead atoms. The summed E-state index contributed by atoms with van der Waals surface area (Å²) in [5.41, 5.74) is 1.32. The summed E-state index contributed by atoms with van der Waals surface area (Å²) in [6.07, 6.45) is 3.31. The van der Waals surface area contributed by atoms with Gasteiger partial charge in [0.15, 0.2) is 0 Å². The minimum Gasteiger partial charge on any atom is -0.370 e. The first kappa shape index (κ1) is 27.4. The van der Waals surface area contributed by atoms with E-state index in [4.69, 9.17) is 27.9 Å². The highest BCUT2D eigenvalue weighted by atomic mass is 35.5.